The summed E-state index contributed by atoms with van der Waals surface area (Å²) >= 11 is 0. The fraction of sp³-hybridized carbons (Fsp3) is 0.913. The van der Waals surface area contributed by atoms with Crippen LogP contribution in [-0.4, -0.2) is 37.3 Å². The molecule has 11 heteroatoms. The van der Waals surface area contributed by atoms with Crippen molar-refractivity contribution in [2.75, 3.05) is 0 Å². The summed E-state index contributed by atoms with van der Waals surface area (Å²) in [6.45, 7) is 32.2. The normalized spacial score (nSPS) is 13.7. The van der Waals surface area contributed by atoms with Gasteiger partial charge in [0.05, 0.1) is 10.4 Å². The zero-order valence-electron chi connectivity index (χ0n) is 39.4. The summed E-state index contributed by atoms with van der Waals surface area (Å²) < 4.78 is 43.6. The molecule has 2 aromatic rings. The molecule has 4 atom stereocenters. The van der Waals surface area contributed by atoms with Gasteiger partial charge in [0.15, 0.2) is 22.8 Å². The molecule has 0 saturated carbocycles. The minimum atomic E-state index is -5.17. The lowest BCUT2D eigenvalue weighted by Gasteiger charge is -2.12. The average Bonchev–Trinajstić information content (AvgIpc) is 3.69. The van der Waals surface area contributed by atoms with E-state index in [1.165, 1.54) is 151 Å². The van der Waals surface area contributed by atoms with Crippen LogP contribution in [0.1, 0.15) is 221 Å². The molecule has 2 rings (SSSR count). The van der Waals surface area contributed by atoms with Crippen LogP contribution in [0.15, 0.2) is 0 Å². The van der Waals surface area contributed by atoms with E-state index in [0.717, 1.165) is 62.7 Å². The highest BCUT2D eigenvalue weighted by atomic mass is 32.3. The molecular weight excluding hydrogens is 733 g/mol. The highest BCUT2D eigenvalue weighted by molar-refractivity contribution is 7.79. The number of rotatable bonds is 30. The maximum atomic E-state index is 8.52. The Hall–Kier alpha value is -1.85. The van der Waals surface area contributed by atoms with E-state index < -0.39 is 10.4 Å². The molecular formula is C46H92N6O4S. The van der Waals surface area contributed by atoms with Crippen LogP contribution in [0.25, 0.3) is 0 Å². The second-order valence-corrected chi connectivity index (χ2v) is 17.4. The van der Waals surface area contributed by atoms with Gasteiger partial charge in [0.25, 0.3) is 0 Å². The predicted octanol–water partition coefficient (Wildman–Crippen LogP) is 10.9. The number of aromatic nitrogens is 6. The van der Waals surface area contributed by atoms with Gasteiger partial charge in [-0.1, -0.05) is 134 Å². The Morgan fingerprint density at radius 2 is 0.772 bits per heavy atom. The van der Waals surface area contributed by atoms with Gasteiger partial charge in [-0.3, -0.25) is 8.42 Å². The van der Waals surface area contributed by atoms with Gasteiger partial charge in [-0.2, -0.15) is 0 Å². The average molecular weight is 825 g/mol. The highest BCUT2D eigenvalue weighted by Crippen LogP contribution is 2.21. The molecule has 0 aliphatic rings. The van der Waals surface area contributed by atoms with Crippen LogP contribution in [0.5, 0.6) is 0 Å². The zero-order valence-corrected chi connectivity index (χ0v) is 40.2. The molecule has 336 valence electrons. The molecule has 2 aromatic heterocycles. The maximum Gasteiger partial charge on any atom is 0.170 e. The molecule has 0 amide bonds. The van der Waals surface area contributed by atoms with Crippen molar-refractivity contribution in [2.45, 2.75) is 251 Å². The molecule has 0 aliphatic heterocycles. The SMILES string of the molecule is CCCCC(CC)Cn1n[n+](CC(CC)CCCC)c(CC)c1CCC.CCCCC(CC)Cn1n[n+](CC(CC)CCCC)c(CC)c1CCC.O=S(=O)([O-])[O-]. The molecule has 0 aromatic carbocycles. The van der Waals surface area contributed by atoms with Gasteiger partial charge in [-0.25, -0.2) is 0 Å². The van der Waals surface area contributed by atoms with Crippen molar-refractivity contribution in [3.8, 4) is 0 Å². The van der Waals surface area contributed by atoms with Gasteiger partial charge in [0.1, 0.15) is 26.2 Å². The first-order chi connectivity index (χ1) is 27.3. The van der Waals surface area contributed by atoms with Crippen LogP contribution in [0.4, 0.5) is 0 Å². The van der Waals surface area contributed by atoms with E-state index in [2.05, 4.69) is 102 Å². The van der Waals surface area contributed by atoms with Gasteiger partial charge in [-0.05, 0) is 87.9 Å². The lowest BCUT2D eigenvalue weighted by Crippen LogP contribution is -2.43. The smallest absolute Gasteiger partial charge is 0.170 e. The molecule has 57 heavy (non-hydrogen) atoms. The Bertz CT molecular complexity index is 1280. The first-order valence-electron chi connectivity index (χ1n) is 23.9. The van der Waals surface area contributed by atoms with Gasteiger partial charge < -0.3 is 9.11 Å². The third-order valence-electron chi connectivity index (χ3n) is 11.9. The topological polar surface area (TPSA) is 124 Å². The molecule has 0 saturated heterocycles. The lowest BCUT2D eigenvalue weighted by molar-refractivity contribution is -0.767. The van der Waals surface area contributed by atoms with E-state index in [1.54, 1.807) is 0 Å². The molecule has 0 radical (unpaired) electrons. The predicted molar refractivity (Wildman–Crippen MR) is 235 cm³/mol. The Kier molecular flexibility index (Phi) is 31.9. The Balaban J connectivity index is 0.000000982. The van der Waals surface area contributed by atoms with Crippen LogP contribution >= 0.6 is 0 Å². The van der Waals surface area contributed by atoms with E-state index in [4.69, 9.17) is 28.0 Å². The molecule has 0 fully saturated rings. The molecule has 0 spiro atoms. The molecule has 0 N–H and O–H groups in total. The van der Waals surface area contributed by atoms with Crippen molar-refractivity contribution in [3.63, 3.8) is 0 Å². The van der Waals surface area contributed by atoms with Crippen molar-refractivity contribution in [1.29, 1.82) is 0 Å². The van der Waals surface area contributed by atoms with Crippen molar-refractivity contribution in [2.24, 2.45) is 23.7 Å². The Morgan fingerprint density at radius 3 is 1.00 bits per heavy atom. The summed E-state index contributed by atoms with van der Waals surface area (Å²) in [6.07, 6.45) is 27.9. The van der Waals surface area contributed by atoms with E-state index in [0.29, 0.717) is 0 Å². The van der Waals surface area contributed by atoms with Crippen molar-refractivity contribution < 1.29 is 26.9 Å². The van der Waals surface area contributed by atoms with E-state index >= 15 is 0 Å². The van der Waals surface area contributed by atoms with Gasteiger partial charge in [0, 0.05) is 36.1 Å². The van der Waals surface area contributed by atoms with Crippen molar-refractivity contribution >= 4 is 10.4 Å². The molecule has 0 aliphatic carbocycles. The summed E-state index contributed by atoms with van der Waals surface area (Å²) in [6, 6.07) is 0. The number of unbranched alkanes of at least 4 members (excludes halogenated alkanes) is 4. The first kappa shape index (κ1) is 55.2. The van der Waals surface area contributed by atoms with Crippen LogP contribution in [0.3, 0.4) is 0 Å². The second-order valence-electron chi connectivity index (χ2n) is 16.6. The van der Waals surface area contributed by atoms with Crippen molar-refractivity contribution in [1.82, 2.24) is 19.8 Å². The molecule has 10 nitrogen and oxygen atoms in total. The summed E-state index contributed by atoms with van der Waals surface area (Å²) in [5, 5.41) is 10.2. The molecule has 2 heterocycles. The fourth-order valence-corrected chi connectivity index (χ4v) is 8.10. The number of hydrogen-bond donors (Lipinski definition) is 0. The third-order valence-corrected chi connectivity index (χ3v) is 11.9. The standard InChI is InChI=1S/2C23H46N3.H2O4S/c2*1-7-13-16-20(10-4)18-25-22(12-6)23(15-9-3)26(24-25)19-21(11-5)17-14-8-2;1-5(2,3)4/h2*20-21H,7-19H2,1-6H3;(H2,1,2,3,4)/q2*+1;/p-2. The number of hydrogen-bond acceptors (Lipinski definition) is 6. The van der Waals surface area contributed by atoms with E-state index in [9.17, 15) is 0 Å². The van der Waals surface area contributed by atoms with E-state index in [1.807, 2.05) is 0 Å². The largest absolute Gasteiger partial charge is 0.759 e. The fourth-order valence-electron chi connectivity index (χ4n) is 8.10. The number of nitrogens with zero attached hydrogens (tertiary/aromatic N) is 6. The zero-order chi connectivity index (χ0) is 43.2. The summed E-state index contributed by atoms with van der Waals surface area (Å²) in [7, 11) is -5.17. The summed E-state index contributed by atoms with van der Waals surface area (Å²) in [4.78, 5) is 0. The first-order valence-corrected chi connectivity index (χ1v) is 25.3. The molecule has 4 unspecified atom stereocenters. The quantitative estimate of drug-likeness (QED) is 0.0439. The lowest BCUT2D eigenvalue weighted by atomic mass is 9.99. The maximum absolute atomic E-state index is 8.52. The van der Waals surface area contributed by atoms with Gasteiger partial charge in [0.2, 0.25) is 0 Å². The van der Waals surface area contributed by atoms with Crippen LogP contribution < -0.4 is 9.36 Å². The summed E-state index contributed by atoms with van der Waals surface area (Å²) in [5.74, 6) is 3.08. The third kappa shape index (κ3) is 22.9. The van der Waals surface area contributed by atoms with Gasteiger partial charge in [-0.15, -0.1) is 18.7 Å². The van der Waals surface area contributed by atoms with E-state index in [-0.39, 0.29) is 0 Å². The monoisotopic (exact) mass is 825 g/mol. The second kappa shape index (κ2) is 32.9. The Labute approximate surface area is 352 Å². The highest BCUT2D eigenvalue weighted by Gasteiger charge is 2.28. The summed E-state index contributed by atoms with van der Waals surface area (Å²) in [5.41, 5.74) is 6.00. The van der Waals surface area contributed by atoms with Crippen LogP contribution in [0.2, 0.25) is 0 Å². The van der Waals surface area contributed by atoms with Crippen LogP contribution in [-0.2, 0) is 62.3 Å². The minimum absolute atomic E-state index is 0.769. The van der Waals surface area contributed by atoms with Crippen molar-refractivity contribution in [3.05, 3.63) is 22.8 Å². The van der Waals surface area contributed by atoms with Crippen LogP contribution in [0, 0.1) is 23.7 Å². The van der Waals surface area contributed by atoms with Gasteiger partial charge >= 0.3 is 0 Å². The minimum Gasteiger partial charge on any atom is -0.759 e. The molecule has 0 bridgehead atoms. The Morgan fingerprint density at radius 1 is 0.491 bits per heavy atom.